The van der Waals surface area contributed by atoms with E-state index in [9.17, 15) is 14.4 Å². The van der Waals surface area contributed by atoms with Crippen molar-refractivity contribution in [1.82, 2.24) is 19.6 Å². The first-order chi connectivity index (χ1) is 17.0. The zero-order chi connectivity index (χ0) is 24.4. The normalized spacial score (nSPS) is 12.8. The molecule has 0 aliphatic carbocycles. The number of hydrogen-bond acceptors (Lipinski definition) is 5. The number of benzene rings is 2. The summed E-state index contributed by atoms with van der Waals surface area (Å²) in [7, 11) is 0. The summed E-state index contributed by atoms with van der Waals surface area (Å²) in [6.07, 6.45) is 4.45. The monoisotopic (exact) mass is 468 g/mol. The summed E-state index contributed by atoms with van der Waals surface area (Å²) < 4.78 is 7.59. The highest BCUT2D eigenvalue weighted by atomic mass is 16.5. The van der Waals surface area contributed by atoms with Crippen LogP contribution >= 0.6 is 0 Å². The van der Waals surface area contributed by atoms with Crippen LogP contribution in [0.25, 0.3) is 5.65 Å². The fraction of sp³-hybridized carbons (Fsp3) is 0.185. The van der Waals surface area contributed by atoms with Gasteiger partial charge in [0.1, 0.15) is 11.4 Å². The first-order valence-electron chi connectivity index (χ1n) is 11.5. The molecular formula is C27H24N4O4. The van der Waals surface area contributed by atoms with E-state index in [0.29, 0.717) is 47.6 Å². The van der Waals surface area contributed by atoms with Crippen LogP contribution in [0.5, 0.6) is 5.75 Å². The van der Waals surface area contributed by atoms with Gasteiger partial charge in [-0.2, -0.15) is 0 Å². The minimum absolute atomic E-state index is 0.0697. The zero-order valence-corrected chi connectivity index (χ0v) is 19.2. The number of nitrogens with zero attached hydrogens (tertiary/aromatic N) is 3. The van der Waals surface area contributed by atoms with Crippen molar-refractivity contribution in [2.45, 2.75) is 19.9 Å². The maximum Gasteiger partial charge on any atom is 0.261 e. The largest absolute Gasteiger partial charge is 0.493 e. The van der Waals surface area contributed by atoms with E-state index in [0.717, 1.165) is 11.3 Å². The highest BCUT2D eigenvalue weighted by Gasteiger charge is 2.35. The van der Waals surface area contributed by atoms with E-state index in [4.69, 9.17) is 4.74 Å². The fourth-order valence-electron chi connectivity index (χ4n) is 4.21. The predicted molar refractivity (Wildman–Crippen MR) is 129 cm³/mol. The van der Waals surface area contributed by atoms with Crippen molar-refractivity contribution in [3.8, 4) is 5.75 Å². The predicted octanol–water partition coefficient (Wildman–Crippen LogP) is 3.50. The SMILES string of the molecule is CCOc1ccc(CN2C(=O)c3ccccc3C2=O)cc1C(=O)NCCc1cn2ccccc2n1. The fourth-order valence-corrected chi connectivity index (χ4v) is 4.21. The van der Waals surface area contributed by atoms with Crippen molar-refractivity contribution in [3.63, 3.8) is 0 Å². The number of carbonyl (C=O) groups excluding carboxylic acids is 3. The summed E-state index contributed by atoms with van der Waals surface area (Å²) in [6, 6.07) is 17.7. The molecule has 0 saturated heterocycles. The number of nitrogens with one attached hydrogen (secondary N) is 1. The van der Waals surface area contributed by atoms with E-state index >= 15 is 0 Å². The summed E-state index contributed by atoms with van der Waals surface area (Å²) in [5.41, 5.74) is 3.54. The van der Waals surface area contributed by atoms with E-state index in [1.54, 1.807) is 42.5 Å². The van der Waals surface area contributed by atoms with E-state index in [1.807, 2.05) is 41.9 Å². The van der Waals surface area contributed by atoms with Crippen molar-refractivity contribution < 1.29 is 19.1 Å². The molecule has 0 spiro atoms. The third kappa shape index (κ3) is 4.38. The first kappa shape index (κ1) is 22.3. The quantitative estimate of drug-likeness (QED) is 0.400. The summed E-state index contributed by atoms with van der Waals surface area (Å²) in [6.45, 7) is 2.72. The standard InChI is InChI=1S/C27H24N4O4/c1-2-35-23-11-10-18(16-31-26(33)20-7-3-4-8-21(20)27(31)34)15-22(23)25(32)28-13-12-19-17-30-14-6-5-9-24(30)29-19/h3-11,14-15,17H,2,12-13,16H2,1H3,(H,28,32). The number of pyridine rings is 1. The summed E-state index contributed by atoms with van der Waals surface area (Å²) in [5, 5.41) is 2.93. The van der Waals surface area contributed by atoms with Gasteiger partial charge < -0.3 is 14.5 Å². The Hall–Kier alpha value is -4.46. The van der Waals surface area contributed by atoms with Crippen molar-refractivity contribution in [1.29, 1.82) is 0 Å². The number of amides is 3. The average Bonchev–Trinajstić information content (AvgIpc) is 3.39. The van der Waals surface area contributed by atoms with Gasteiger partial charge in [0.2, 0.25) is 0 Å². The Morgan fingerprint density at radius 2 is 1.74 bits per heavy atom. The second-order valence-corrected chi connectivity index (χ2v) is 8.21. The van der Waals surface area contributed by atoms with Gasteiger partial charge in [-0.25, -0.2) is 4.98 Å². The van der Waals surface area contributed by atoms with E-state index in [1.165, 1.54) is 4.90 Å². The molecular weight excluding hydrogens is 444 g/mol. The van der Waals surface area contributed by atoms with Gasteiger partial charge >= 0.3 is 0 Å². The minimum Gasteiger partial charge on any atom is -0.493 e. The molecule has 3 heterocycles. The lowest BCUT2D eigenvalue weighted by molar-refractivity contribution is 0.0642. The Morgan fingerprint density at radius 3 is 2.46 bits per heavy atom. The maximum atomic E-state index is 13.0. The molecule has 2 aromatic carbocycles. The van der Waals surface area contributed by atoms with Crippen LogP contribution < -0.4 is 10.1 Å². The zero-order valence-electron chi connectivity index (χ0n) is 19.2. The van der Waals surface area contributed by atoms with Gasteiger partial charge in [0, 0.05) is 25.4 Å². The Morgan fingerprint density at radius 1 is 1.00 bits per heavy atom. The van der Waals surface area contributed by atoms with Crippen LogP contribution in [0.2, 0.25) is 0 Å². The highest BCUT2D eigenvalue weighted by molar-refractivity contribution is 6.21. The Labute approximate surface area is 202 Å². The van der Waals surface area contributed by atoms with Gasteiger partial charge in [-0.15, -0.1) is 0 Å². The number of carbonyl (C=O) groups is 3. The molecule has 0 fully saturated rings. The first-order valence-corrected chi connectivity index (χ1v) is 11.5. The molecule has 3 amide bonds. The number of ether oxygens (including phenoxy) is 1. The van der Waals surface area contributed by atoms with Gasteiger partial charge in [0.15, 0.2) is 0 Å². The Bertz CT molecular complexity index is 1370. The van der Waals surface area contributed by atoms with Crippen LogP contribution in [0, 0.1) is 0 Å². The van der Waals surface area contributed by atoms with Crippen LogP contribution in [0.1, 0.15) is 49.3 Å². The lowest BCUT2D eigenvalue weighted by atomic mass is 10.1. The summed E-state index contributed by atoms with van der Waals surface area (Å²) >= 11 is 0. The van der Waals surface area contributed by atoms with Gasteiger partial charge in [-0.1, -0.05) is 24.3 Å². The molecule has 1 aliphatic rings. The second kappa shape index (κ2) is 9.42. The van der Waals surface area contributed by atoms with Crippen LogP contribution in [-0.2, 0) is 13.0 Å². The van der Waals surface area contributed by atoms with Crippen LogP contribution in [-0.4, -0.2) is 45.2 Å². The minimum atomic E-state index is -0.335. The molecule has 2 aromatic heterocycles. The number of imidazole rings is 1. The molecule has 35 heavy (non-hydrogen) atoms. The van der Waals surface area contributed by atoms with Crippen LogP contribution in [0.15, 0.2) is 73.1 Å². The number of aromatic nitrogens is 2. The van der Waals surface area contributed by atoms with E-state index < -0.39 is 0 Å². The van der Waals surface area contributed by atoms with Crippen molar-refractivity contribution in [2.75, 3.05) is 13.2 Å². The van der Waals surface area contributed by atoms with Gasteiger partial charge in [-0.05, 0) is 48.9 Å². The van der Waals surface area contributed by atoms with Gasteiger partial charge in [-0.3, -0.25) is 19.3 Å². The van der Waals surface area contributed by atoms with Gasteiger partial charge in [0.25, 0.3) is 17.7 Å². The average molecular weight is 469 g/mol. The highest BCUT2D eigenvalue weighted by Crippen LogP contribution is 2.26. The molecule has 0 bridgehead atoms. The lowest BCUT2D eigenvalue weighted by Gasteiger charge is -2.16. The van der Waals surface area contributed by atoms with Crippen molar-refractivity contribution >= 4 is 23.4 Å². The molecule has 4 aromatic rings. The van der Waals surface area contributed by atoms with Crippen molar-refractivity contribution in [2.24, 2.45) is 0 Å². The second-order valence-electron chi connectivity index (χ2n) is 8.21. The third-order valence-corrected chi connectivity index (χ3v) is 5.89. The van der Waals surface area contributed by atoms with Gasteiger partial charge in [0.05, 0.1) is 35.5 Å². The molecule has 8 nitrogen and oxygen atoms in total. The lowest BCUT2D eigenvalue weighted by Crippen LogP contribution is -2.30. The summed E-state index contributed by atoms with van der Waals surface area (Å²) in [5.74, 6) is -0.513. The molecule has 0 saturated carbocycles. The topological polar surface area (TPSA) is 93.0 Å². The molecule has 5 rings (SSSR count). The number of imide groups is 1. The molecule has 0 unspecified atom stereocenters. The maximum absolute atomic E-state index is 13.0. The Kier molecular flexibility index (Phi) is 6.01. The van der Waals surface area contributed by atoms with E-state index in [-0.39, 0.29) is 24.3 Å². The molecule has 0 atom stereocenters. The molecule has 1 aliphatic heterocycles. The number of fused-ring (bicyclic) bond motifs is 2. The molecule has 176 valence electrons. The van der Waals surface area contributed by atoms with E-state index in [2.05, 4.69) is 10.3 Å². The third-order valence-electron chi connectivity index (χ3n) is 5.89. The smallest absolute Gasteiger partial charge is 0.261 e. The molecule has 0 radical (unpaired) electrons. The van der Waals surface area contributed by atoms with Crippen LogP contribution in [0.4, 0.5) is 0 Å². The Balaban J connectivity index is 1.30. The number of rotatable bonds is 8. The molecule has 8 heteroatoms. The van der Waals surface area contributed by atoms with Crippen LogP contribution in [0.3, 0.4) is 0 Å². The number of hydrogen-bond donors (Lipinski definition) is 1. The summed E-state index contributed by atoms with van der Waals surface area (Å²) in [4.78, 5) is 44.3. The van der Waals surface area contributed by atoms with Crippen molar-refractivity contribution in [3.05, 3.63) is 101 Å². The molecule has 1 N–H and O–H groups in total.